The molecule has 0 radical (unpaired) electrons. The van der Waals surface area contributed by atoms with Crippen molar-refractivity contribution in [3.63, 3.8) is 0 Å². The summed E-state index contributed by atoms with van der Waals surface area (Å²) in [5.74, 6) is 1.26. The average Bonchev–Trinajstić information content (AvgIpc) is 2.77. The van der Waals surface area contributed by atoms with Gasteiger partial charge in [-0.15, -0.1) is 10.2 Å². The van der Waals surface area contributed by atoms with Gasteiger partial charge >= 0.3 is 0 Å². The zero-order valence-corrected chi connectivity index (χ0v) is 11.8. The Hall–Kier alpha value is -1.68. The first-order chi connectivity index (χ1) is 8.99. The van der Waals surface area contributed by atoms with Crippen LogP contribution >= 0.6 is 0 Å². The van der Waals surface area contributed by atoms with E-state index in [1.807, 2.05) is 0 Å². The summed E-state index contributed by atoms with van der Waals surface area (Å²) in [4.78, 5) is 0. The molecule has 0 bridgehead atoms. The van der Waals surface area contributed by atoms with Gasteiger partial charge in [0.2, 0.25) is 11.8 Å². The summed E-state index contributed by atoms with van der Waals surface area (Å²) in [5, 5.41) is 7.99. The van der Waals surface area contributed by atoms with Crippen LogP contribution < -0.4 is 5.73 Å². The molecule has 0 aliphatic rings. The number of rotatable bonds is 4. The molecule has 1 aromatic carbocycles. The maximum atomic E-state index is 5.52. The summed E-state index contributed by atoms with van der Waals surface area (Å²) in [6, 6.07) is 8.56. The molecular formula is C15H21N3O. The van der Waals surface area contributed by atoms with Crippen molar-refractivity contribution in [2.24, 2.45) is 5.73 Å². The van der Waals surface area contributed by atoms with Crippen LogP contribution in [-0.2, 0) is 18.3 Å². The van der Waals surface area contributed by atoms with Gasteiger partial charge < -0.3 is 10.2 Å². The summed E-state index contributed by atoms with van der Waals surface area (Å²) >= 11 is 0. The van der Waals surface area contributed by atoms with Gasteiger partial charge in [0.1, 0.15) is 0 Å². The highest BCUT2D eigenvalue weighted by molar-refractivity contribution is 5.28. The normalized spacial score (nSPS) is 11.8. The Kier molecular flexibility index (Phi) is 4.00. The highest BCUT2D eigenvalue weighted by Gasteiger charge is 2.13. The molecule has 0 atom stereocenters. The third-order valence-corrected chi connectivity index (χ3v) is 3.04. The number of hydrogen-bond acceptors (Lipinski definition) is 4. The van der Waals surface area contributed by atoms with Crippen LogP contribution in [-0.4, -0.2) is 16.7 Å². The smallest absolute Gasteiger partial charge is 0.220 e. The molecule has 0 fully saturated rings. The second-order valence-corrected chi connectivity index (χ2v) is 5.75. The molecule has 4 heteroatoms. The fraction of sp³-hybridized carbons (Fsp3) is 0.467. The predicted molar refractivity (Wildman–Crippen MR) is 75.0 cm³/mol. The van der Waals surface area contributed by atoms with Gasteiger partial charge in [0, 0.05) is 13.0 Å². The average molecular weight is 259 g/mol. The van der Waals surface area contributed by atoms with Crippen molar-refractivity contribution in [1.29, 1.82) is 0 Å². The van der Waals surface area contributed by atoms with Crippen LogP contribution in [0.15, 0.2) is 28.7 Å². The molecule has 0 aliphatic carbocycles. The van der Waals surface area contributed by atoms with Crippen molar-refractivity contribution >= 4 is 0 Å². The number of nitrogens with zero attached hydrogens (tertiary/aromatic N) is 2. The monoisotopic (exact) mass is 259 g/mol. The van der Waals surface area contributed by atoms with Crippen LogP contribution in [0.5, 0.6) is 0 Å². The second-order valence-electron chi connectivity index (χ2n) is 5.75. The molecule has 102 valence electrons. The molecule has 19 heavy (non-hydrogen) atoms. The third-order valence-electron chi connectivity index (χ3n) is 3.04. The van der Waals surface area contributed by atoms with Crippen molar-refractivity contribution < 1.29 is 4.42 Å². The van der Waals surface area contributed by atoms with E-state index in [1.165, 1.54) is 11.1 Å². The highest BCUT2D eigenvalue weighted by atomic mass is 16.4. The first-order valence-electron chi connectivity index (χ1n) is 6.60. The van der Waals surface area contributed by atoms with Crippen molar-refractivity contribution in [3.05, 3.63) is 47.2 Å². The van der Waals surface area contributed by atoms with E-state index >= 15 is 0 Å². The summed E-state index contributed by atoms with van der Waals surface area (Å²) in [7, 11) is 0. The molecule has 4 nitrogen and oxygen atoms in total. The highest BCUT2D eigenvalue weighted by Crippen LogP contribution is 2.22. The molecule has 2 rings (SSSR count). The molecule has 0 amide bonds. The molecule has 1 aromatic heterocycles. The van der Waals surface area contributed by atoms with E-state index in [2.05, 4.69) is 55.2 Å². The van der Waals surface area contributed by atoms with Gasteiger partial charge in [-0.05, 0) is 16.5 Å². The minimum atomic E-state index is 0.178. The van der Waals surface area contributed by atoms with Gasteiger partial charge in [-0.1, -0.05) is 45.0 Å². The Labute approximate surface area is 114 Å². The largest absolute Gasteiger partial charge is 0.425 e. The third kappa shape index (κ3) is 3.64. The Morgan fingerprint density at radius 3 is 2.26 bits per heavy atom. The van der Waals surface area contributed by atoms with Crippen LogP contribution in [0.25, 0.3) is 0 Å². The van der Waals surface area contributed by atoms with E-state index in [-0.39, 0.29) is 5.41 Å². The van der Waals surface area contributed by atoms with Crippen LogP contribution in [0.2, 0.25) is 0 Å². The molecule has 2 aromatic rings. The van der Waals surface area contributed by atoms with Gasteiger partial charge in [-0.2, -0.15) is 0 Å². The Morgan fingerprint density at radius 2 is 1.68 bits per heavy atom. The molecule has 2 N–H and O–H groups in total. The maximum Gasteiger partial charge on any atom is 0.220 e. The predicted octanol–water partition coefficient (Wildman–Crippen LogP) is 2.46. The van der Waals surface area contributed by atoms with Crippen molar-refractivity contribution in [1.82, 2.24) is 10.2 Å². The Balaban J connectivity index is 2.06. The standard InChI is InChI=1S/C15H21N3O/c1-15(2,3)12-6-4-11(5-7-12)10-14-18-17-13(19-14)8-9-16/h4-7H,8-10,16H2,1-3H3. The SMILES string of the molecule is CC(C)(C)c1ccc(Cc2nnc(CCN)o2)cc1. The van der Waals surface area contributed by atoms with E-state index in [4.69, 9.17) is 10.2 Å². The molecular weight excluding hydrogens is 238 g/mol. The number of hydrogen-bond donors (Lipinski definition) is 1. The van der Waals surface area contributed by atoms with E-state index in [9.17, 15) is 0 Å². The van der Waals surface area contributed by atoms with E-state index < -0.39 is 0 Å². The van der Waals surface area contributed by atoms with Crippen LogP contribution in [0, 0.1) is 0 Å². The van der Waals surface area contributed by atoms with E-state index in [0.717, 1.165) is 0 Å². The Morgan fingerprint density at radius 1 is 1.05 bits per heavy atom. The first-order valence-corrected chi connectivity index (χ1v) is 6.60. The zero-order valence-electron chi connectivity index (χ0n) is 11.8. The topological polar surface area (TPSA) is 64.9 Å². The summed E-state index contributed by atoms with van der Waals surface area (Å²) < 4.78 is 5.52. The van der Waals surface area contributed by atoms with Crippen molar-refractivity contribution in [2.45, 2.75) is 39.0 Å². The number of aromatic nitrogens is 2. The summed E-state index contributed by atoms with van der Waals surface area (Å²) in [6.07, 6.45) is 1.30. The second kappa shape index (κ2) is 5.53. The van der Waals surface area contributed by atoms with E-state index in [1.54, 1.807) is 0 Å². The quantitative estimate of drug-likeness (QED) is 0.916. The van der Waals surface area contributed by atoms with E-state index in [0.29, 0.717) is 31.2 Å². The van der Waals surface area contributed by atoms with Crippen LogP contribution in [0.4, 0.5) is 0 Å². The minimum absolute atomic E-state index is 0.178. The molecule has 0 saturated carbocycles. The lowest BCUT2D eigenvalue weighted by Gasteiger charge is -2.18. The summed E-state index contributed by atoms with van der Waals surface area (Å²) in [5.41, 5.74) is 8.13. The number of nitrogens with two attached hydrogens (primary N) is 1. The molecule has 0 aliphatic heterocycles. The van der Waals surface area contributed by atoms with Gasteiger partial charge in [0.25, 0.3) is 0 Å². The molecule has 1 heterocycles. The lowest BCUT2D eigenvalue weighted by Crippen LogP contribution is -2.10. The minimum Gasteiger partial charge on any atom is -0.425 e. The van der Waals surface area contributed by atoms with Gasteiger partial charge in [-0.25, -0.2) is 0 Å². The van der Waals surface area contributed by atoms with Gasteiger partial charge in [0.15, 0.2) is 0 Å². The lowest BCUT2D eigenvalue weighted by atomic mass is 9.86. The van der Waals surface area contributed by atoms with Crippen LogP contribution in [0.1, 0.15) is 43.7 Å². The fourth-order valence-corrected chi connectivity index (χ4v) is 1.88. The fourth-order valence-electron chi connectivity index (χ4n) is 1.88. The van der Waals surface area contributed by atoms with Gasteiger partial charge in [-0.3, -0.25) is 0 Å². The summed E-state index contributed by atoms with van der Waals surface area (Å²) in [6.45, 7) is 7.15. The lowest BCUT2D eigenvalue weighted by molar-refractivity contribution is 0.458. The zero-order chi connectivity index (χ0) is 13.9. The molecule has 0 saturated heterocycles. The van der Waals surface area contributed by atoms with Crippen molar-refractivity contribution in [2.75, 3.05) is 6.54 Å². The Bertz CT molecular complexity index is 523. The maximum absolute atomic E-state index is 5.52. The number of benzene rings is 1. The molecule has 0 spiro atoms. The molecule has 0 unspecified atom stereocenters. The first kappa shape index (κ1) is 13.7. The van der Waals surface area contributed by atoms with Crippen molar-refractivity contribution in [3.8, 4) is 0 Å². The van der Waals surface area contributed by atoms with Crippen LogP contribution in [0.3, 0.4) is 0 Å². The van der Waals surface area contributed by atoms with Gasteiger partial charge in [0.05, 0.1) is 6.42 Å².